The van der Waals surface area contributed by atoms with Crippen LogP contribution >= 0.6 is 11.8 Å². The zero-order valence-electron chi connectivity index (χ0n) is 11.9. The van der Waals surface area contributed by atoms with Gasteiger partial charge >= 0.3 is 0 Å². The van der Waals surface area contributed by atoms with Crippen LogP contribution in [0.4, 0.5) is 0 Å². The van der Waals surface area contributed by atoms with Crippen molar-refractivity contribution in [1.82, 2.24) is 14.6 Å². The number of hydrogen-bond donors (Lipinski definition) is 1. The van der Waals surface area contributed by atoms with Crippen LogP contribution in [0, 0.1) is 0 Å². The first kappa shape index (κ1) is 14.1. The Labute approximate surface area is 128 Å². The fourth-order valence-corrected chi connectivity index (χ4v) is 3.43. The van der Waals surface area contributed by atoms with Gasteiger partial charge in [-0.1, -0.05) is 55.1 Å². The first-order valence-corrected chi connectivity index (χ1v) is 7.94. The molecule has 0 fully saturated rings. The topological polar surface area (TPSA) is 56.2 Å². The molecule has 3 rings (SSSR count). The molecule has 0 saturated heterocycles. The zero-order chi connectivity index (χ0) is 14.7. The van der Waals surface area contributed by atoms with Crippen LogP contribution in [-0.4, -0.2) is 19.8 Å². The maximum atomic E-state index is 6.43. The lowest BCUT2D eigenvalue weighted by molar-refractivity contribution is 0.653. The molecule has 0 bridgehead atoms. The summed E-state index contributed by atoms with van der Waals surface area (Å²) in [6.07, 6.45) is 2.96. The molecule has 108 valence electrons. The Morgan fingerprint density at radius 1 is 1.10 bits per heavy atom. The number of pyridine rings is 1. The van der Waals surface area contributed by atoms with E-state index in [2.05, 4.69) is 29.3 Å². The van der Waals surface area contributed by atoms with Crippen molar-refractivity contribution in [1.29, 1.82) is 0 Å². The van der Waals surface area contributed by atoms with E-state index in [1.807, 2.05) is 47.0 Å². The molecule has 2 atom stereocenters. The number of aromatic nitrogens is 3. The highest BCUT2D eigenvalue weighted by atomic mass is 32.2. The minimum atomic E-state index is -0.0164. The zero-order valence-corrected chi connectivity index (χ0v) is 12.7. The van der Waals surface area contributed by atoms with Gasteiger partial charge in [-0.05, 0) is 24.1 Å². The van der Waals surface area contributed by atoms with Crippen molar-refractivity contribution in [3.63, 3.8) is 0 Å². The third kappa shape index (κ3) is 2.94. The number of fused-ring (bicyclic) bond motifs is 1. The first-order chi connectivity index (χ1) is 10.3. The van der Waals surface area contributed by atoms with Crippen molar-refractivity contribution in [3.05, 3.63) is 60.3 Å². The minimum Gasteiger partial charge on any atom is -0.323 e. The molecule has 2 N–H and O–H groups in total. The lowest BCUT2D eigenvalue weighted by Gasteiger charge is -2.21. The van der Waals surface area contributed by atoms with Crippen molar-refractivity contribution < 1.29 is 0 Å². The Morgan fingerprint density at radius 2 is 1.86 bits per heavy atom. The highest BCUT2D eigenvalue weighted by Crippen LogP contribution is 2.32. The molecular formula is C16H18N4S. The molecule has 21 heavy (non-hydrogen) atoms. The number of thioether (sulfide) groups is 1. The molecule has 0 radical (unpaired) electrons. The van der Waals surface area contributed by atoms with Gasteiger partial charge in [0.05, 0.1) is 0 Å². The summed E-state index contributed by atoms with van der Waals surface area (Å²) in [5, 5.41) is 9.63. The fourth-order valence-electron chi connectivity index (χ4n) is 2.34. The molecule has 0 saturated carbocycles. The Bertz CT molecular complexity index is 710. The summed E-state index contributed by atoms with van der Waals surface area (Å²) in [4.78, 5) is 0. The van der Waals surface area contributed by atoms with Gasteiger partial charge in [-0.3, -0.25) is 4.40 Å². The van der Waals surface area contributed by atoms with Gasteiger partial charge in [0, 0.05) is 17.5 Å². The SMILES string of the molecule is CCC(Sc1nnc2ccccn12)C(N)c1ccccc1. The largest absolute Gasteiger partial charge is 0.323 e. The van der Waals surface area contributed by atoms with Gasteiger partial charge in [0.25, 0.3) is 0 Å². The van der Waals surface area contributed by atoms with E-state index in [0.29, 0.717) is 0 Å². The van der Waals surface area contributed by atoms with E-state index in [0.717, 1.165) is 22.8 Å². The minimum absolute atomic E-state index is 0.0164. The van der Waals surface area contributed by atoms with Gasteiger partial charge in [-0.2, -0.15) is 0 Å². The smallest absolute Gasteiger partial charge is 0.195 e. The number of rotatable bonds is 5. The molecule has 0 aliphatic rings. The van der Waals surface area contributed by atoms with E-state index < -0.39 is 0 Å². The third-order valence-electron chi connectivity index (χ3n) is 3.53. The third-order valence-corrected chi connectivity index (χ3v) is 4.95. The van der Waals surface area contributed by atoms with E-state index in [1.54, 1.807) is 11.8 Å². The van der Waals surface area contributed by atoms with E-state index in [9.17, 15) is 0 Å². The molecule has 4 nitrogen and oxygen atoms in total. The second-order valence-electron chi connectivity index (χ2n) is 4.91. The molecule has 0 aliphatic carbocycles. The van der Waals surface area contributed by atoms with Crippen LogP contribution in [-0.2, 0) is 0 Å². The van der Waals surface area contributed by atoms with Crippen LogP contribution in [0.25, 0.3) is 5.65 Å². The van der Waals surface area contributed by atoms with Crippen molar-refractivity contribution in [3.8, 4) is 0 Å². The molecule has 2 unspecified atom stereocenters. The summed E-state index contributed by atoms with van der Waals surface area (Å²) in [7, 11) is 0. The monoisotopic (exact) mass is 298 g/mol. The van der Waals surface area contributed by atoms with Gasteiger partial charge in [0.15, 0.2) is 10.8 Å². The fraction of sp³-hybridized carbons (Fsp3) is 0.250. The van der Waals surface area contributed by atoms with Crippen LogP contribution in [0.15, 0.2) is 59.9 Å². The predicted molar refractivity (Wildman–Crippen MR) is 86.3 cm³/mol. The molecule has 0 amide bonds. The summed E-state index contributed by atoms with van der Waals surface area (Å²) >= 11 is 1.69. The Kier molecular flexibility index (Phi) is 4.22. The van der Waals surface area contributed by atoms with E-state index in [-0.39, 0.29) is 11.3 Å². The maximum Gasteiger partial charge on any atom is 0.195 e. The van der Waals surface area contributed by atoms with Gasteiger partial charge < -0.3 is 5.73 Å². The maximum absolute atomic E-state index is 6.43. The number of hydrogen-bond acceptors (Lipinski definition) is 4. The molecule has 5 heteroatoms. The molecule has 0 spiro atoms. The van der Waals surface area contributed by atoms with Crippen LogP contribution in [0.1, 0.15) is 24.9 Å². The quantitative estimate of drug-likeness (QED) is 0.734. The first-order valence-electron chi connectivity index (χ1n) is 7.06. The molecule has 1 aromatic carbocycles. The van der Waals surface area contributed by atoms with Crippen LogP contribution in [0.5, 0.6) is 0 Å². The number of nitrogens with zero attached hydrogens (tertiary/aromatic N) is 3. The van der Waals surface area contributed by atoms with Crippen molar-refractivity contribution in [2.75, 3.05) is 0 Å². The summed E-state index contributed by atoms with van der Waals surface area (Å²) in [6, 6.07) is 16.1. The van der Waals surface area contributed by atoms with E-state index >= 15 is 0 Å². The second-order valence-corrected chi connectivity index (χ2v) is 6.12. The average Bonchev–Trinajstić information content (AvgIpc) is 2.96. The predicted octanol–water partition coefficient (Wildman–Crippen LogP) is 3.30. The van der Waals surface area contributed by atoms with E-state index in [1.165, 1.54) is 0 Å². The summed E-state index contributed by atoms with van der Waals surface area (Å²) in [5.74, 6) is 0. The highest BCUT2D eigenvalue weighted by Gasteiger charge is 2.21. The molecule has 2 aromatic heterocycles. The van der Waals surface area contributed by atoms with E-state index in [4.69, 9.17) is 5.73 Å². The summed E-state index contributed by atoms with van der Waals surface area (Å²) in [5.41, 5.74) is 8.45. The second kappa shape index (κ2) is 6.28. The van der Waals surface area contributed by atoms with Crippen molar-refractivity contribution >= 4 is 17.4 Å². The number of nitrogens with two attached hydrogens (primary N) is 1. The van der Waals surface area contributed by atoms with Crippen molar-refractivity contribution in [2.45, 2.75) is 29.8 Å². The lowest BCUT2D eigenvalue weighted by atomic mass is 10.0. The summed E-state index contributed by atoms with van der Waals surface area (Å²) in [6.45, 7) is 2.16. The van der Waals surface area contributed by atoms with Crippen LogP contribution in [0.2, 0.25) is 0 Å². The Morgan fingerprint density at radius 3 is 2.62 bits per heavy atom. The van der Waals surface area contributed by atoms with Gasteiger partial charge in [0.2, 0.25) is 0 Å². The van der Waals surface area contributed by atoms with Crippen molar-refractivity contribution in [2.24, 2.45) is 5.73 Å². The highest BCUT2D eigenvalue weighted by molar-refractivity contribution is 7.99. The van der Waals surface area contributed by atoms with Gasteiger partial charge in [0.1, 0.15) is 0 Å². The number of benzene rings is 1. The molecular weight excluding hydrogens is 280 g/mol. The van der Waals surface area contributed by atoms with Crippen LogP contribution in [0.3, 0.4) is 0 Å². The van der Waals surface area contributed by atoms with Gasteiger partial charge in [-0.15, -0.1) is 10.2 Å². The molecule has 3 aromatic rings. The molecule has 0 aliphatic heterocycles. The standard InChI is InChI=1S/C16H18N4S/c1-2-13(15(17)12-8-4-3-5-9-12)21-16-19-18-14-10-6-7-11-20(14)16/h3-11,13,15H,2,17H2,1H3. The Hall–Kier alpha value is -1.85. The molecule has 2 heterocycles. The average molecular weight is 298 g/mol. The normalized spacial score (nSPS) is 14.2. The Balaban J connectivity index is 1.84. The van der Waals surface area contributed by atoms with Crippen LogP contribution < -0.4 is 5.73 Å². The lowest BCUT2D eigenvalue weighted by Crippen LogP contribution is -2.23. The van der Waals surface area contributed by atoms with Gasteiger partial charge in [-0.25, -0.2) is 0 Å². The summed E-state index contributed by atoms with van der Waals surface area (Å²) < 4.78 is 2.00.